The summed E-state index contributed by atoms with van der Waals surface area (Å²) in [5.74, 6) is -0.917. The van der Waals surface area contributed by atoms with Crippen molar-refractivity contribution in [2.75, 3.05) is 19.8 Å². The number of aliphatic hydroxyl groups is 5. The number of ketones is 1. The van der Waals surface area contributed by atoms with E-state index in [4.69, 9.17) is 28.7 Å². The number of rotatable bonds is 13. The van der Waals surface area contributed by atoms with Crippen LogP contribution in [0.3, 0.4) is 0 Å². The maximum atomic E-state index is 15.7. The molecular weight excluding hydrogens is 877 g/mol. The molecule has 67 heavy (non-hydrogen) atoms. The summed E-state index contributed by atoms with van der Waals surface area (Å²) in [5.41, 5.74) is 0.859. The highest BCUT2D eigenvalue weighted by molar-refractivity contribution is 8.00. The number of carbonyl (C=O) groups excluding carboxylic acids is 2. The van der Waals surface area contributed by atoms with Crippen LogP contribution >= 0.6 is 11.8 Å². The first-order valence-corrected chi connectivity index (χ1v) is 24.4. The zero-order valence-electron chi connectivity index (χ0n) is 39.5. The van der Waals surface area contributed by atoms with E-state index in [1.54, 1.807) is 24.8 Å². The molecule has 1 spiro atoms. The van der Waals surface area contributed by atoms with Crippen LogP contribution in [0.1, 0.15) is 97.8 Å². The van der Waals surface area contributed by atoms with Gasteiger partial charge >= 0.3 is 0 Å². The number of nitrogens with zero attached hydrogens (tertiary/aromatic N) is 1. The first-order valence-electron chi connectivity index (χ1n) is 23.5. The molecule has 3 saturated carbocycles. The second kappa shape index (κ2) is 17.6. The largest absolute Gasteiger partial charge is 0.482 e. The molecular formula is C52H64N2O12S. The summed E-state index contributed by atoms with van der Waals surface area (Å²) < 4.78 is 35.4. The van der Waals surface area contributed by atoms with Crippen LogP contribution in [-0.4, -0.2) is 121 Å². The van der Waals surface area contributed by atoms with Crippen molar-refractivity contribution in [3.05, 3.63) is 82.0 Å². The van der Waals surface area contributed by atoms with Gasteiger partial charge in [-0.3, -0.25) is 14.6 Å². The third kappa shape index (κ3) is 7.63. The van der Waals surface area contributed by atoms with Gasteiger partial charge in [0.15, 0.2) is 17.0 Å². The van der Waals surface area contributed by atoms with Crippen LogP contribution in [0.15, 0.2) is 75.2 Å². The third-order valence-corrected chi connectivity index (χ3v) is 16.4. The number of carbonyl (C=O) groups is 2. The maximum Gasteiger partial charge on any atom is 0.246 e. The van der Waals surface area contributed by atoms with Crippen molar-refractivity contribution < 1.29 is 58.8 Å². The number of hydrogen-bond donors (Lipinski definition) is 6. The predicted molar refractivity (Wildman–Crippen MR) is 253 cm³/mol. The zero-order valence-corrected chi connectivity index (χ0v) is 40.3. The Balaban J connectivity index is 1.35. The molecule has 2 aromatic rings. The average Bonchev–Trinajstić information content (AvgIpc) is 3.36. The van der Waals surface area contributed by atoms with Gasteiger partial charge in [-0.15, -0.1) is 11.8 Å². The van der Waals surface area contributed by atoms with Crippen molar-refractivity contribution in [3.8, 4) is 17.2 Å². The fraction of sp³-hybridized carbons (Fsp3) is 0.558. The lowest BCUT2D eigenvalue weighted by atomic mass is 9.46. The van der Waals surface area contributed by atoms with E-state index in [0.717, 1.165) is 16.9 Å². The molecule has 3 aliphatic carbocycles. The minimum Gasteiger partial charge on any atom is -0.482 e. The molecule has 10 rings (SSSR count). The van der Waals surface area contributed by atoms with E-state index < -0.39 is 71.6 Å². The number of allylic oxidation sites excluding steroid dienone is 4. The standard InChI is InChI=1S/C52H64N2O12S/c1-26(2)12-11-19-50(8)20-18-30-42(64-50)29(16-15-27(3)4)44-36(43(30)63-48-41(59)40(58)39(57)33(25-56)62-48)38-37-45(67-34-14-10-9-13-32(34)54-38)31-24-35-49(6,7)66-51(46(31)60,52(35,37)65-44)21-17-28(5)47(61)53-22-23-55/h9-10,12-15,17-18,20,31,33,35,37,39-41,45,48,55-59H,11,16,19,21-25H2,1-8H3,(H,53,61)/t31?,33-,35?,37?,39-,40+,41-,45?,48+,50?,51?,52?/m1/s1. The first-order chi connectivity index (χ1) is 31.8. The summed E-state index contributed by atoms with van der Waals surface area (Å²) in [4.78, 5) is 35.5. The summed E-state index contributed by atoms with van der Waals surface area (Å²) >= 11 is 1.60. The summed E-state index contributed by atoms with van der Waals surface area (Å²) in [6, 6.07) is 7.83. The topological polar surface area (TPSA) is 206 Å². The van der Waals surface area contributed by atoms with Crippen LogP contribution in [-0.2, 0) is 25.5 Å². The Morgan fingerprint density at radius 1 is 0.970 bits per heavy atom. The number of Topliss-reactive ketones (excluding diaryl/α,β-unsaturated/α-hetero) is 1. The van der Waals surface area contributed by atoms with Gasteiger partial charge in [0.2, 0.25) is 12.2 Å². The predicted octanol–water partition coefficient (Wildman–Crippen LogP) is 5.84. The molecule has 0 radical (unpaired) electrons. The van der Waals surface area contributed by atoms with Crippen LogP contribution in [0, 0.1) is 17.8 Å². The molecule has 5 heterocycles. The molecule has 4 bridgehead atoms. The fourth-order valence-electron chi connectivity index (χ4n) is 11.7. The van der Waals surface area contributed by atoms with E-state index in [-0.39, 0.29) is 48.2 Å². The second-order valence-corrected chi connectivity index (χ2v) is 21.6. The van der Waals surface area contributed by atoms with Gasteiger partial charge in [-0.2, -0.15) is 0 Å². The Morgan fingerprint density at radius 2 is 1.72 bits per heavy atom. The molecule has 8 aliphatic rings. The summed E-state index contributed by atoms with van der Waals surface area (Å²) in [6.45, 7) is 15.1. The zero-order chi connectivity index (χ0) is 48.0. The van der Waals surface area contributed by atoms with Gasteiger partial charge in [0.05, 0.1) is 47.3 Å². The molecule has 1 amide bonds. The lowest BCUT2D eigenvalue weighted by Gasteiger charge is -2.63. The molecule has 2 saturated heterocycles. The number of hydrogen-bond acceptors (Lipinski definition) is 14. The molecule has 12 atom stereocenters. The van der Waals surface area contributed by atoms with Crippen molar-refractivity contribution >= 4 is 40.9 Å². The Hall–Kier alpha value is -4.32. The Morgan fingerprint density at radius 3 is 2.43 bits per heavy atom. The molecule has 0 aromatic heterocycles. The number of nitrogens with one attached hydrogen (secondary N) is 1. The number of aliphatic hydroxyl groups excluding tert-OH is 5. The van der Waals surface area contributed by atoms with E-state index in [2.05, 4.69) is 31.3 Å². The third-order valence-electron chi connectivity index (χ3n) is 14.9. The van der Waals surface area contributed by atoms with E-state index in [1.807, 2.05) is 71.0 Å². The van der Waals surface area contributed by atoms with Crippen molar-refractivity contribution in [1.82, 2.24) is 5.32 Å². The van der Waals surface area contributed by atoms with Gasteiger partial charge in [-0.1, -0.05) is 41.5 Å². The number of benzene rings is 2. The normalized spacial score (nSPS) is 34.8. The fourth-order valence-corrected chi connectivity index (χ4v) is 13.2. The van der Waals surface area contributed by atoms with Crippen molar-refractivity contribution in [3.63, 3.8) is 0 Å². The lowest BCUT2D eigenvalue weighted by molar-refractivity contribution is -0.277. The van der Waals surface area contributed by atoms with Crippen LogP contribution in [0.2, 0.25) is 0 Å². The minimum absolute atomic E-state index is 0.0221. The lowest BCUT2D eigenvalue weighted by Crippen LogP contribution is -2.79. The first kappa shape index (κ1) is 47.7. The van der Waals surface area contributed by atoms with Gasteiger partial charge in [0.1, 0.15) is 47.3 Å². The highest BCUT2D eigenvalue weighted by atomic mass is 32.2. The minimum atomic E-state index is -1.74. The van der Waals surface area contributed by atoms with Crippen molar-refractivity contribution in [2.24, 2.45) is 22.7 Å². The molecule has 5 fully saturated rings. The number of aliphatic imine (C=N–C) groups is 1. The molecule has 2 aromatic carbocycles. The smallest absolute Gasteiger partial charge is 0.246 e. The number of ether oxygens (including phenoxy) is 5. The van der Waals surface area contributed by atoms with Gasteiger partial charge in [-0.25, -0.2) is 0 Å². The number of thioether (sulfide) groups is 1. The summed E-state index contributed by atoms with van der Waals surface area (Å²) in [5, 5.41) is 55.5. The number of fused-ring (bicyclic) bond motifs is 4. The number of para-hydroxylation sites is 1. The average molecular weight is 941 g/mol. The van der Waals surface area contributed by atoms with Gasteiger partial charge in [-0.05, 0) is 105 Å². The highest BCUT2D eigenvalue weighted by Gasteiger charge is 2.85. The van der Waals surface area contributed by atoms with Crippen molar-refractivity contribution in [1.29, 1.82) is 0 Å². The van der Waals surface area contributed by atoms with Crippen LogP contribution in [0.4, 0.5) is 5.69 Å². The Bertz CT molecular complexity index is 2500. The SMILES string of the molecule is CC(C)=CCCC1(C)C=Cc2c(c(CC=C(C)C)c3c(c2O[C@@H]2O[C@H](CO)[C@@H](O)[C@H](O)[C@H]2O)C2=Nc4ccccc4SC4C5CC6C(C)(C)OC(CC=C(C)C(=O)NCCO)(C5=O)C6(O3)C24)O1. The van der Waals surface area contributed by atoms with E-state index >= 15 is 4.79 Å². The van der Waals surface area contributed by atoms with E-state index in [0.29, 0.717) is 64.4 Å². The van der Waals surface area contributed by atoms with E-state index in [1.165, 1.54) is 5.57 Å². The Labute approximate surface area is 396 Å². The molecule has 14 nitrogen and oxygen atoms in total. The quantitative estimate of drug-likeness (QED) is 0.103. The van der Waals surface area contributed by atoms with E-state index in [9.17, 15) is 30.3 Å². The molecule has 15 heteroatoms. The molecule has 7 unspecified atom stereocenters. The number of amides is 1. The van der Waals surface area contributed by atoms with Crippen LogP contribution in [0.5, 0.6) is 17.2 Å². The molecule has 360 valence electrons. The van der Waals surface area contributed by atoms with Gasteiger partial charge in [0, 0.05) is 46.1 Å². The van der Waals surface area contributed by atoms with Crippen LogP contribution in [0.25, 0.3) is 6.08 Å². The van der Waals surface area contributed by atoms with Crippen LogP contribution < -0.4 is 19.5 Å². The maximum absolute atomic E-state index is 15.7. The monoisotopic (exact) mass is 940 g/mol. The molecule has 6 N–H and O–H groups in total. The summed E-state index contributed by atoms with van der Waals surface area (Å²) in [6.07, 6.45) is 4.27. The summed E-state index contributed by atoms with van der Waals surface area (Å²) in [7, 11) is 0. The van der Waals surface area contributed by atoms with Crippen molar-refractivity contribution in [2.45, 2.75) is 151 Å². The van der Waals surface area contributed by atoms with Gasteiger partial charge in [0.25, 0.3) is 0 Å². The second-order valence-electron chi connectivity index (χ2n) is 20.4. The highest BCUT2D eigenvalue weighted by Crippen LogP contribution is 2.73. The van der Waals surface area contributed by atoms with Gasteiger partial charge < -0.3 is 54.5 Å². The Kier molecular flexibility index (Phi) is 12.5. The molecule has 5 aliphatic heterocycles.